The van der Waals surface area contributed by atoms with E-state index in [1.807, 2.05) is 36.1 Å². The van der Waals surface area contributed by atoms with Gasteiger partial charge >= 0.3 is 0 Å². The molecule has 0 aliphatic carbocycles. The number of amides is 2. The first-order valence-electron chi connectivity index (χ1n) is 13.4. The maximum atomic E-state index is 12.9. The Morgan fingerprint density at radius 2 is 2.00 bits per heavy atom. The van der Waals surface area contributed by atoms with Crippen molar-refractivity contribution in [3.8, 4) is 11.6 Å². The monoisotopic (exact) mass is 602 g/mol. The van der Waals surface area contributed by atoms with E-state index in [2.05, 4.69) is 25.6 Å². The minimum absolute atomic E-state index is 0.0533. The van der Waals surface area contributed by atoms with Crippen LogP contribution >= 0.6 is 22.9 Å². The molecule has 3 aromatic rings. The predicted octanol–water partition coefficient (Wildman–Crippen LogP) is 4.54. The Morgan fingerprint density at radius 1 is 1.27 bits per heavy atom. The minimum atomic E-state index is -1.01. The zero-order valence-corrected chi connectivity index (χ0v) is 25.3. The van der Waals surface area contributed by atoms with Crippen molar-refractivity contribution in [1.29, 1.82) is 0 Å². The molecule has 41 heavy (non-hydrogen) atoms. The Kier molecular flexibility index (Phi) is 9.67. The van der Waals surface area contributed by atoms with E-state index in [9.17, 15) is 14.7 Å². The number of nitrogens with one attached hydrogen (secondary N) is 2. The van der Waals surface area contributed by atoms with E-state index in [0.717, 1.165) is 29.1 Å². The Bertz CT molecular complexity index is 1380. The molecule has 1 fully saturated rings. The molecule has 2 aromatic heterocycles. The van der Waals surface area contributed by atoms with Crippen LogP contribution in [0, 0.1) is 6.92 Å². The first kappa shape index (κ1) is 30.5. The maximum Gasteiger partial charge on any atom is 0.263 e. The molecule has 3 N–H and O–H groups in total. The van der Waals surface area contributed by atoms with Crippen molar-refractivity contribution >= 4 is 45.7 Å². The SMILES string of the molecule is CCC(=O)Nc1nc(C)c(C(=O)N[C@@H](C)c2ccc(O[C@@H]3CCN(c4ncnc(OCC(C)(C)O)c4Cl)C3)cc2)s1. The summed E-state index contributed by atoms with van der Waals surface area (Å²) in [5, 5.41) is 16.3. The quantitative estimate of drug-likeness (QED) is 0.288. The van der Waals surface area contributed by atoms with E-state index >= 15 is 0 Å². The van der Waals surface area contributed by atoms with Gasteiger partial charge < -0.3 is 30.1 Å². The van der Waals surface area contributed by atoms with Crippen molar-refractivity contribution in [3.05, 3.63) is 51.7 Å². The molecule has 11 nitrogen and oxygen atoms in total. The van der Waals surface area contributed by atoms with E-state index < -0.39 is 5.60 Å². The number of aromatic nitrogens is 3. The van der Waals surface area contributed by atoms with E-state index in [1.54, 1.807) is 27.7 Å². The molecular formula is C28H35ClN6O5S. The van der Waals surface area contributed by atoms with Crippen LogP contribution in [0.15, 0.2) is 30.6 Å². The molecule has 13 heteroatoms. The second-order valence-electron chi connectivity index (χ2n) is 10.5. The number of benzene rings is 1. The second-order valence-corrected chi connectivity index (χ2v) is 11.9. The fourth-order valence-corrected chi connectivity index (χ4v) is 5.33. The number of hydrogen-bond acceptors (Lipinski definition) is 10. The van der Waals surface area contributed by atoms with Crippen LogP contribution in [0.5, 0.6) is 11.6 Å². The number of rotatable bonds is 11. The van der Waals surface area contributed by atoms with Crippen LogP contribution in [0.3, 0.4) is 0 Å². The number of carbonyl (C=O) groups excluding carboxylic acids is 2. The summed E-state index contributed by atoms with van der Waals surface area (Å²) in [6.07, 6.45) is 2.45. The highest BCUT2D eigenvalue weighted by molar-refractivity contribution is 7.17. The van der Waals surface area contributed by atoms with Gasteiger partial charge in [-0.25, -0.2) is 15.0 Å². The van der Waals surface area contributed by atoms with Gasteiger partial charge in [0, 0.05) is 19.4 Å². The molecule has 2 amide bonds. The Balaban J connectivity index is 1.32. The highest BCUT2D eigenvalue weighted by atomic mass is 35.5. The number of anilines is 2. The summed E-state index contributed by atoms with van der Waals surface area (Å²) < 4.78 is 11.8. The minimum Gasteiger partial charge on any atom is -0.489 e. The van der Waals surface area contributed by atoms with Crippen LogP contribution in [0.2, 0.25) is 5.02 Å². The molecule has 0 spiro atoms. The van der Waals surface area contributed by atoms with Crippen molar-refractivity contribution in [2.45, 2.75) is 65.2 Å². The van der Waals surface area contributed by atoms with Crippen LogP contribution in [-0.4, -0.2) is 63.3 Å². The van der Waals surface area contributed by atoms with Crippen molar-refractivity contribution < 1.29 is 24.2 Å². The third kappa shape index (κ3) is 8.05. The van der Waals surface area contributed by atoms with Crippen LogP contribution in [0.4, 0.5) is 10.9 Å². The molecule has 0 saturated carbocycles. The average molecular weight is 603 g/mol. The number of hydrogen-bond donors (Lipinski definition) is 3. The third-order valence-corrected chi connectivity index (χ3v) is 7.75. The molecule has 0 bridgehead atoms. The van der Waals surface area contributed by atoms with Gasteiger partial charge in [0.25, 0.3) is 5.91 Å². The molecule has 2 atom stereocenters. The molecule has 1 saturated heterocycles. The van der Waals surface area contributed by atoms with Gasteiger partial charge in [-0.2, -0.15) is 0 Å². The molecule has 220 valence electrons. The van der Waals surface area contributed by atoms with Gasteiger partial charge in [0.2, 0.25) is 11.8 Å². The molecule has 0 unspecified atom stereocenters. The van der Waals surface area contributed by atoms with Gasteiger partial charge in [-0.1, -0.05) is 42.0 Å². The predicted molar refractivity (Wildman–Crippen MR) is 158 cm³/mol. The lowest BCUT2D eigenvalue weighted by molar-refractivity contribution is -0.115. The maximum absolute atomic E-state index is 12.9. The van der Waals surface area contributed by atoms with Crippen molar-refractivity contribution in [1.82, 2.24) is 20.3 Å². The fourth-order valence-electron chi connectivity index (χ4n) is 4.17. The molecule has 1 aliphatic rings. The van der Waals surface area contributed by atoms with Crippen LogP contribution in [-0.2, 0) is 4.79 Å². The number of thiazole rings is 1. The zero-order chi connectivity index (χ0) is 29.7. The van der Waals surface area contributed by atoms with Gasteiger partial charge in [0.05, 0.1) is 23.9 Å². The van der Waals surface area contributed by atoms with Gasteiger partial charge in [-0.05, 0) is 45.4 Å². The fraction of sp³-hybridized carbons (Fsp3) is 0.464. The molecule has 0 radical (unpaired) electrons. The van der Waals surface area contributed by atoms with E-state index in [1.165, 1.54) is 6.33 Å². The lowest BCUT2D eigenvalue weighted by Gasteiger charge is -2.21. The topological polar surface area (TPSA) is 139 Å². The van der Waals surface area contributed by atoms with E-state index in [0.29, 0.717) is 46.1 Å². The number of halogens is 1. The summed E-state index contributed by atoms with van der Waals surface area (Å²) in [6.45, 7) is 10.0. The molecular weight excluding hydrogens is 568 g/mol. The van der Waals surface area contributed by atoms with Gasteiger partial charge in [0.15, 0.2) is 10.9 Å². The van der Waals surface area contributed by atoms with Crippen molar-refractivity contribution in [2.75, 3.05) is 29.9 Å². The Labute approximate surface area is 248 Å². The lowest BCUT2D eigenvalue weighted by Crippen LogP contribution is -2.29. The number of aryl methyl sites for hydroxylation is 1. The summed E-state index contributed by atoms with van der Waals surface area (Å²) >= 11 is 7.68. The number of carbonyl (C=O) groups is 2. The average Bonchev–Trinajstić information content (AvgIpc) is 3.53. The van der Waals surface area contributed by atoms with Gasteiger partial charge in [0.1, 0.15) is 34.7 Å². The normalized spacial score (nSPS) is 15.9. The van der Waals surface area contributed by atoms with Crippen LogP contribution < -0.4 is 25.0 Å². The first-order valence-corrected chi connectivity index (χ1v) is 14.6. The highest BCUT2D eigenvalue weighted by Crippen LogP contribution is 2.33. The zero-order valence-electron chi connectivity index (χ0n) is 23.7. The summed E-state index contributed by atoms with van der Waals surface area (Å²) in [5.41, 5.74) is 0.479. The number of ether oxygens (including phenoxy) is 2. The largest absolute Gasteiger partial charge is 0.489 e. The third-order valence-electron chi connectivity index (χ3n) is 6.35. The van der Waals surface area contributed by atoms with E-state index in [-0.39, 0.29) is 36.4 Å². The molecule has 4 rings (SSSR count). The van der Waals surface area contributed by atoms with Crippen molar-refractivity contribution in [2.24, 2.45) is 0 Å². The smallest absolute Gasteiger partial charge is 0.263 e. The highest BCUT2D eigenvalue weighted by Gasteiger charge is 2.28. The van der Waals surface area contributed by atoms with Crippen LogP contribution in [0.1, 0.15) is 67.5 Å². The van der Waals surface area contributed by atoms with Crippen LogP contribution in [0.25, 0.3) is 0 Å². The van der Waals surface area contributed by atoms with Gasteiger partial charge in [-0.15, -0.1) is 0 Å². The van der Waals surface area contributed by atoms with Crippen molar-refractivity contribution in [3.63, 3.8) is 0 Å². The molecule has 1 aliphatic heterocycles. The Morgan fingerprint density at radius 3 is 2.68 bits per heavy atom. The summed E-state index contributed by atoms with van der Waals surface area (Å²) in [6, 6.07) is 7.37. The van der Waals surface area contributed by atoms with E-state index in [4.69, 9.17) is 21.1 Å². The van der Waals surface area contributed by atoms with Gasteiger partial charge in [-0.3, -0.25) is 9.59 Å². The summed E-state index contributed by atoms with van der Waals surface area (Å²) in [4.78, 5) is 39.7. The standard InChI is InChI=1S/C28H35ClN6O5S/c1-6-21(36)34-27-33-17(3)23(41-27)25(37)32-16(2)18-7-9-19(10-8-18)40-20-11-12-35(13-20)24-22(29)26(31-15-30-24)39-14-28(4,5)38/h7-10,15-16,20,38H,6,11-14H2,1-5H3,(H,32,37)(H,33,34,36)/t16-,20+/m0/s1. The lowest BCUT2D eigenvalue weighted by atomic mass is 10.1. The Hall–Kier alpha value is -3.48. The summed E-state index contributed by atoms with van der Waals surface area (Å²) in [5.74, 6) is 1.12. The summed E-state index contributed by atoms with van der Waals surface area (Å²) in [7, 11) is 0. The molecule has 3 heterocycles. The molecule has 1 aromatic carbocycles. The number of nitrogens with zero attached hydrogens (tertiary/aromatic N) is 4. The second kappa shape index (κ2) is 13.0. The number of aliphatic hydroxyl groups is 1. The first-order chi connectivity index (χ1) is 19.4.